The Morgan fingerprint density at radius 1 is 1.17 bits per heavy atom. The molecule has 0 aromatic heterocycles. The number of hydrazone groups is 1. The Balaban J connectivity index is 1.77. The van der Waals surface area contributed by atoms with Gasteiger partial charge in [0.2, 0.25) is 5.91 Å². The Labute approximate surface area is 197 Å². The van der Waals surface area contributed by atoms with E-state index in [2.05, 4.69) is 44.1 Å². The SMILES string of the molecule is CC1(CC(Br)CBr)CN(CC(=O)Nc2ccc(Cl)cc2)N=C1c1ccc(Cl)cc1. The van der Waals surface area contributed by atoms with Crippen molar-refractivity contribution in [3.05, 3.63) is 64.1 Å². The molecule has 2 atom stereocenters. The molecule has 0 radical (unpaired) electrons. The van der Waals surface area contributed by atoms with Crippen molar-refractivity contribution in [1.29, 1.82) is 0 Å². The van der Waals surface area contributed by atoms with Gasteiger partial charge in [0, 0.05) is 37.8 Å². The molecule has 154 valence electrons. The largest absolute Gasteiger partial charge is 0.324 e. The van der Waals surface area contributed by atoms with Crippen LogP contribution in [0, 0.1) is 5.41 Å². The summed E-state index contributed by atoms with van der Waals surface area (Å²) in [5.41, 5.74) is 2.50. The summed E-state index contributed by atoms with van der Waals surface area (Å²) in [6.45, 7) is 3.03. The second-order valence-corrected chi connectivity index (χ2v) is 10.2. The van der Waals surface area contributed by atoms with E-state index >= 15 is 0 Å². The zero-order valence-corrected chi connectivity index (χ0v) is 20.5. The molecule has 4 nitrogen and oxygen atoms in total. The number of rotatable bonds is 7. The highest BCUT2D eigenvalue weighted by Gasteiger charge is 2.40. The smallest absolute Gasteiger partial charge is 0.245 e. The third kappa shape index (κ3) is 5.97. The molecule has 1 amide bonds. The van der Waals surface area contributed by atoms with Crippen LogP contribution in [0.1, 0.15) is 18.9 Å². The summed E-state index contributed by atoms with van der Waals surface area (Å²) in [7, 11) is 0. The monoisotopic (exact) mass is 559 g/mol. The van der Waals surface area contributed by atoms with Crippen LogP contribution < -0.4 is 5.32 Å². The fourth-order valence-electron chi connectivity index (χ4n) is 3.48. The number of amides is 1. The molecule has 1 aliphatic rings. The third-order valence-electron chi connectivity index (χ3n) is 4.76. The molecule has 0 aliphatic carbocycles. The molecule has 0 saturated carbocycles. The minimum Gasteiger partial charge on any atom is -0.324 e. The van der Waals surface area contributed by atoms with E-state index in [0.29, 0.717) is 27.1 Å². The van der Waals surface area contributed by atoms with Crippen molar-refractivity contribution < 1.29 is 4.79 Å². The summed E-state index contributed by atoms with van der Waals surface area (Å²) in [6, 6.07) is 14.7. The standard InChI is InChI=1S/C21H21Br2Cl2N3O/c1-21(10-15(23)11-22)13-28(27-20(21)14-2-4-16(24)5-3-14)12-19(29)26-18-8-6-17(25)7-9-18/h2-9,15H,10-13H2,1H3,(H,26,29). The van der Waals surface area contributed by atoms with Crippen LogP contribution in [-0.4, -0.2) is 39.9 Å². The molecule has 29 heavy (non-hydrogen) atoms. The number of nitrogens with zero attached hydrogens (tertiary/aromatic N) is 2. The van der Waals surface area contributed by atoms with Crippen molar-refractivity contribution in [2.24, 2.45) is 10.5 Å². The first-order valence-electron chi connectivity index (χ1n) is 9.14. The Morgan fingerprint density at radius 3 is 2.34 bits per heavy atom. The van der Waals surface area contributed by atoms with Gasteiger partial charge in [-0.3, -0.25) is 9.80 Å². The summed E-state index contributed by atoms with van der Waals surface area (Å²) < 4.78 is 0. The van der Waals surface area contributed by atoms with Gasteiger partial charge in [-0.25, -0.2) is 0 Å². The molecular weight excluding hydrogens is 541 g/mol. The fraction of sp³-hybridized carbons (Fsp3) is 0.333. The van der Waals surface area contributed by atoms with Crippen LogP contribution in [0.3, 0.4) is 0 Å². The lowest BCUT2D eigenvalue weighted by Crippen LogP contribution is -2.36. The highest BCUT2D eigenvalue weighted by atomic mass is 79.9. The van der Waals surface area contributed by atoms with Gasteiger partial charge in [-0.15, -0.1) is 0 Å². The number of halogens is 4. The van der Waals surface area contributed by atoms with E-state index in [1.165, 1.54) is 0 Å². The normalized spacial score (nSPS) is 19.8. The Morgan fingerprint density at radius 2 is 1.76 bits per heavy atom. The van der Waals surface area contributed by atoms with Gasteiger partial charge in [-0.1, -0.05) is 74.1 Å². The van der Waals surface area contributed by atoms with Crippen LogP contribution in [0.2, 0.25) is 10.0 Å². The highest BCUT2D eigenvalue weighted by Crippen LogP contribution is 2.37. The zero-order chi connectivity index (χ0) is 21.0. The zero-order valence-electron chi connectivity index (χ0n) is 15.8. The van der Waals surface area contributed by atoms with E-state index in [4.69, 9.17) is 28.3 Å². The molecule has 0 bridgehead atoms. The van der Waals surface area contributed by atoms with Crippen molar-refractivity contribution in [3.63, 3.8) is 0 Å². The number of hydrogen-bond acceptors (Lipinski definition) is 3. The first-order valence-corrected chi connectivity index (χ1v) is 11.9. The number of carbonyl (C=O) groups is 1. The summed E-state index contributed by atoms with van der Waals surface area (Å²) in [5, 5.41) is 11.7. The maximum Gasteiger partial charge on any atom is 0.245 e. The van der Waals surface area contributed by atoms with Gasteiger partial charge < -0.3 is 5.32 Å². The fourth-order valence-corrected chi connectivity index (χ4v) is 4.68. The molecule has 1 N–H and O–H groups in total. The molecule has 0 saturated heterocycles. The van der Waals surface area contributed by atoms with Crippen LogP contribution in [0.25, 0.3) is 0 Å². The molecule has 2 aromatic rings. The van der Waals surface area contributed by atoms with Crippen LogP contribution >= 0.6 is 55.1 Å². The number of hydrogen-bond donors (Lipinski definition) is 1. The Bertz CT molecular complexity index is 890. The van der Waals surface area contributed by atoms with E-state index in [0.717, 1.165) is 23.0 Å². The Hall–Kier alpha value is -1.08. The minimum atomic E-state index is -0.198. The van der Waals surface area contributed by atoms with E-state index in [9.17, 15) is 4.79 Å². The van der Waals surface area contributed by atoms with E-state index in [1.807, 2.05) is 29.3 Å². The number of anilines is 1. The van der Waals surface area contributed by atoms with Crippen LogP contribution in [-0.2, 0) is 4.79 Å². The molecule has 2 aromatic carbocycles. The predicted molar refractivity (Wildman–Crippen MR) is 129 cm³/mol. The van der Waals surface area contributed by atoms with Gasteiger partial charge in [0.25, 0.3) is 0 Å². The van der Waals surface area contributed by atoms with Gasteiger partial charge in [0.05, 0.1) is 5.71 Å². The van der Waals surface area contributed by atoms with Crippen molar-refractivity contribution >= 4 is 72.4 Å². The molecule has 1 heterocycles. The summed E-state index contributed by atoms with van der Waals surface area (Å²) in [4.78, 5) is 12.8. The van der Waals surface area contributed by atoms with Crippen molar-refractivity contribution in [2.75, 3.05) is 23.7 Å². The minimum absolute atomic E-state index is 0.119. The van der Waals surface area contributed by atoms with Gasteiger partial charge in [-0.05, 0) is 48.4 Å². The lowest BCUT2D eigenvalue weighted by atomic mass is 9.78. The average Bonchev–Trinajstić information content (AvgIpc) is 2.99. The van der Waals surface area contributed by atoms with Crippen LogP contribution in [0.4, 0.5) is 5.69 Å². The quantitative estimate of drug-likeness (QED) is 0.409. The van der Waals surface area contributed by atoms with Gasteiger partial charge in [0.1, 0.15) is 6.54 Å². The van der Waals surface area contributed by atoms with E-state index in [1.54, 1.807) is 24.3 Å². The highest BCUT2D eigenvalue weighted by molar-refractivity contribution is 9.12. The maximum atomic E-state index is 12.5. The molecule has 8 heteroatoms. The summed E-state index contributed by atoms with van der Waals surface area (Å²) in [5.74, 6) is -0.119. The maximum absolute atomic E-state index is 12.5. The summed E-state index contributed by atoms with van der Waals surface area (Å²) >= 11 is 19.2. The average molecular weight is 562 g/mol. The number of alkyl halides is 2. The van der Waals surface area contributed by atoms with Gasteiger partial charge in [-0.2, -0.15) is 5.10 Å². The van der Waals surface area contributed by atoms with E-state index < -0.39 is 0 Å². The lowest BCUT2D eigenvalue weighted by molar-refractivity contribution is -0.117. The van der Waals surface area contributed by atoms with Crippen LogP contribution in [0.5, 0.6) is 0 Å². The lowest BCUT2D eigenvalue weighted by Gasteiger charge is -2.28. The van der Waals surface area contributed by atoms with Gasteiger partial charge >= 0.3 is 0 Å². The first kappa shape index (κ1) is 22.6. The number of benzene rings is 2. The number of nitrogens with one attached hydrogen (secondary N) is 1. The van der Waals surface area contributed by atoms with Crippen molar-refractivity contribution in [1.82, 2.24) is 5.01 Å². The third-order valence-corrected chi connectivity index (χ3v) is 7.56. The molecule has 0 spiro atoms. The van der Waals surface area contributed by atoms with Crippen LogP contribution in [0.15, 0.2) is 53.6 Å². The van der Waals surface area contributed by atoms with Crippen molar-refractivity contribution in [2.45, 2.75) is 18.2 Å². The molecule has 0 fully saturated rings. The van der Waals surface area contributed by atoms with E-state index in [-0.39, 0.29) is 17.9 Å². The second-order valence-electron chi connectivity index (χ2n) is 7.35. The number of carbonyl (C=O) groups excluding carboxylic acids is 1. The second kappa shape index (κ2) is 9.82. The predicted octanol–water partition coefficient (Wildman–Crippen LogP) is 6.21. The topological polar surface area (TPSA) is 44.7 Å². The first-order chi connectivity index (χ1) is 13.8. The Kier molecular flexibility index (Phi) is 7.65. The van der Waals surface area contributed by atoms with Gasteiger partial charge in [0.15, 0.2) is 0 Å². The molecular formula is C21H21Br2Cl2N3O. The van der Waals surface area contributed by atoms with Crippen molar-refractivity contribution in [3.8, 4) is 0 Å². The molecule has 3 rings (SSSR count). The molecule has 2 unspecified atom stereocenters. The summed E-state index contributed by atoms with van der Waals surface area (Å²) in [6.07, 6.45) is 0.884. The molecule has 1 aliphatic heterocycles.